The molecule has 0 rings (SSSR count). The lowest BCUT2D eigenvalue weighted by molar-refractivity contribution is -0.118. The summed E-state index contributed by atoms with van der Waals surface area (Å²) in [5.74, 6) is -0.0170. The van der Waals surface area contributed by atoms with E-state index in [0.717, 1.165) is 0 Å². The highest BCUT2D eigenvalue weighted by atomic mass is 16.1. The quantitative estimate of drug-likeness (QED) is 0.510. The van der Waals surface area contributed by atoms with Crippen LogP contribution >= 0.6 is 0 Å². The van der Waals surface area contributed by atoms with Crippen LogP contribution in [0.1, 0.15) is 6.92 Å². The van der Waals surface area contributed by atoms with Crippen LogP contribution in [0.15, 0.2) is 12.2 Å². The number of carbonyl (C=O) groups excluding carboxylic acids is 1. The standard InChI is InChI=1S/C6H12N2O/c1-6(9)8-5-3-2-4-7/h2-3H,4-5,7H2,1H3,(H,8,9)/b3-2+. The lowest BCUT2D eigenvalue weighted by Crippen LogP contribution is -2.19. The molecule has 0 saturated heterocycles. The van der Waals surface area contributed by atoms with Crippen molar-refractivity contribution in [3.05, 3.63) is 12.2 Å². The zero-order valence-electron chi connectivity index (χ0n) is 5.55. The summed E-state index contributed by atoms with van der Waals surface area (Å²) in [6.45, 7) is 2.59. The predicted octanol–water partition coefficient (Wildman–Crippen LogP) is -0.363. The number of hydrogen-bond acceptors (Lipinski definition) is 2. The van der Waals surface area contributed by atoms with E-state index in [9.17, 15) is 4.79 Å². The Balaban J connectivity index is 3.09. The van der Waals surface area contributed by atoms with Crippen molar-refractivity contribution in [2.45, 2.75) is 6.92 Å². The number of hydrogen-bond donors (Lipinski definition) is 2. The van der Waals surface area contributed by atoms with Gasteiger partial charge in [-0.2, -0.15) is 0 Å². The Bertz CT molecular complexity index is 110. The number of nitrogens with two attached hydrogens (primary N) is 1. The van der Waals surface area contributed by atoms with Crippen LogP contribution in [0.25, 0.3) is 0 Å². The molecule has 0 aromatic heterocycles. The molecule has 0 fully saturated rings. The van der Waals surface area contributed by atoms with Crippen LogP contribution in [-0.2, 0) is 4.79 Å². The number of amides is 1. The van der Waals surface area contributed by atoms with E-state index < -0.39 is 0 Å². The minimum Gasteiger partial charge on any atom is -0.353 e. The Morgan fingerprint density at radius 3 is 2.78 bits per heavy atom. The Labute approximate surface area is 54.9 Å². The fraction of sp³-hybridized carbons (Fsp3) is 0.500. The summed E-state index contributed by atoms with van der Waals surface area (Å²) < 4.78 is 0. The van der Waals surface area contributed by atoms with E-state index >= 15 is 0 Å². The molecule has 52 valence electrons. The lowest BCUT2D eigenvalue weighted by Gasteiger charge is -1.92. The highest BCUT2D eigenvalue weighted by molar-refractivity contribution is 5.72. The van der Waals surface area contributed by atoms with Crippen molar-refractivity contribution in [1.82, 2.24) is 5.32 Å². The monoisotopic (exact) mass is 128 g/mol. The smallest absolute Gasteiger partial charge is 0.217 e. The van der Waals surface area contributed by atoms with Crippen LogP contribution in [0, 0.1) is 0 Å². The maximum Gasteiger partial charge on any atom is 0.217 e. The van der Waals surface area contributed by atoms with Gasteiger partial charge in [-0.25, -0.2) is 0 Å². The summed E-state index contributed by atoms with van der Waals surface area (Å²) in [5.41, 5.74) is 5.15. The third-order valence-electron chi connectivity index (χ3n) is 0.772. The zero-order chi connectivity index (χ0) is 7.11. The normalized spacial score (nSPS) is 10.0. The van der Waals surface area contributed by atoms with E-state index in [-0.39, 0.29) is 5.91 Å². The molecular formula is C6H12N2O. The largest absolute Gasteiger partial charge is 0.353 e. The lowest BCUT2D eigenvalue weighted by atomic mass is 10.5. The topological polar surface area (TPSA) is 55.1 Å². The molecule has 3 N–H and O–H groups in total. The van der Waals surface area contributed by atoms with E-state index in [4.69, 9.17) is 5.73 Å². The van der Waals surface area contributed by atoms with Crippen molar-refractivity contribution in [3.63, 3.8) is 0 Å². The summed E-state index contributed by atoms with van der Waals surface area (Å²) >= 11 is 0. The van der Waals surface area contributed by atoms with Gasteiger partial charge in [0, 0.05) is 20.0 Å². The van der Waals surface area contributed by atoms with Crippen LogP contribution in [-0.4, -0.2) is 19.0 Å². The van der Waals surface area contributed by atoms with Crippen molar-refractivity contribution in [2.24, 2.45) is 5.73 Å². The van der Waals surface area contributed by atoms with E-state index in [0.29, 0.717) is 13.1 Å². The summed E-state index contributed by atoms with van der Waals surface area (Å²) in [4.78, 5) is 10.2. The van der Waals surface area contributed by atoms with Gasteiger partial charge in [-0.3, -0.25) is 4.79 Å². The van der Waals surface area contributed by atoms with Gasteiger partial charge in [-0.1, -0.05) is 12.2 Å². The van der Waals surface area contributed by atoms with E-state index in [1.807, 2.05) is 6.08 Å². The molecule has 9 heavy (non-hydrogen) atoms. The molecule has 0 spiro atoms. The molecule has 0 atom stereocenters. The first kappa shape index (κ1) is 8.17. The third-order valence-corrected chi connectivity index (χ3v) is 0.772. The molecule has 0 radical (unpaired) electrons. The maximum atomic E-state index is 10.2. The second kappa shape index (κ2) is 5.31. The first-order valence-electron chi connectivity index (χ1n) is 2.87. The van der Waals surface area contributed by atoms with Crippen LogP contribution < -0.4 is 11.1 Å². The van der Waals surface area contributed by atoms with E-state index in [2.05, 4.69) is 5.32 Å². The molecule has 0 heterocycles. The number of rotatable bonds is 3. The van der Waals surface area contributed by atoms with Gasteiger partial charge in [0.2, 0.25) is 5.91 Å². The van der Waals surface area contributed by atoms with Gasteiger partial charge in [0.05, 0.1) is 0 Å². The molecule has 0 aromatic rings. The Kier molecular flexibility index (Phi) is 4.82. The minimum atomic E-state index is -0.0170. The van der Waals surface area contributed by atoms with Gasteiger partial charge in [-0.15, -0.1) is 0 Å². The molecule has 0 aliphatic rings. The molecule has 0 aliphatic carbocycles. The summed E-state index contributed by atoms with van der Waals surface area (Å²) in [6, 6.07) is 0. The van der Waals surface area contributed by atoms with Gasteiger partial charge in [-0.05, 0) is 0 Å². The number of nitrogens with one attached hydrogen (secondary N) is 1. The Hall–Kier alpha value is -0.830. The molecule has 0 saturated carbocycles. The predicted molar refractivity (Wildman–Crippen MR) is 36.9 cm³/mol. The van der Waals surface area contributed by atoms with Gasteiger partial charge in [0.1, 0.15) is 0 Å². The second-order valence-electron chi connectivity index (χ2n) is 1.64. The first-order valence-corrected chi connectivity index (χ1v) is 2.87. The molecule has 3 heteroatoms. The molecule has 0 bridgehead atoms. The Morgan fingerprint density at radius 1 is 1.67 bits per heavy atom. The second-order valence-corrected chi connectivity index (χ2v) is 1.64. The summed E-state index contributed by atoms with van der Waals surface area (Å²) in [5, 5.41) is 2.60. The summed E-state index contributed by atoms with van der Waals surface area (Å²) in [6.07, 6.45) is 3.62. The van der Waals surface area contributed by atoms with Crippen LogP contribution in [0.3, 0.4) is 0 Å². The number of carbonyl (C=O) groups is 1. The van der Waals surface area contributed by atoms with Crippen LogP contribution in [0.4, 0.5) is 0 Å². The van der Waals surface area contributed by atoms with Crippen LogP contribution in [0.5, 0.6) is 0 Å². The van der Waals surface area contributed by atoms with Crippen molar-refractivity contribution in [2.75, 3.05) is 13.1 Å². The van der Waals surface area contributed by atoms with Crippen molar-refractivity contribution in [1.29, 1.82) is 0 Å². The average molecular weight is 128 g/mol. The Morgan fingerprint density at radius 2 is 2.33 bits per heavy atom. The molecule has 0 aliphatic heterocycles. The molecule has 3 nitrogen and oxygen atoms in total. The first-order chi connectivity index (χ1) is 4.27. The van der Waals surface area contributed by atoms with Gasteiger partial charge >= 0.3 is 0 Å². The fourth-order valence-corrected chi connectivity index (χ4v) is 0.382. The fourth-order valence-electron chi connectivity index (χ4n) is 0.382. The van der Waals surface area contributed by atoms with Crippen LogP contribution in [0.2, 0.25) is 0 Å². The van der Waals surface area contributed by atoms with Gasteiger partial charge in [0.15, 0.2) is 0 Å². The van der Waals surface area contributed by atoms with Crippen molar-refractivity contribution < 1.29 is 4.79 Å². The van der Waals surface area contributed by atoms with Gasteiger partial charge < -0.3 is 11.1 Å². The third kappa shape index (κ3) is 7.17. The molecule has 0 unspecified atom stereocenters. The zero-order valence-corrected chi connectivity index (χ0v) is 5.55. The SMILES string of the molecule is CC(=O)NC/C=C/CN. The highest BCUT2D eigenvalue weighted by Gasteiger charge is 1.82. The van der Waals surface area contributed by atoms with E-state index in [1.165, 1.54) is 6.92 Å². The summed E-state index contributed by atoms with van der Waals surface area (Å²) in [7, 11) is 0. The van der Waals surface area contributed by atoms with Gasteiger partial charge in [0.25, 0.3) is 0 Å². The molecule has 1 amide bonds. The van der Waals surface area contributed by atoms with E-state index in [1.54, 1.807) is 6.08 Å². The van der Waals surface area contributed by atoms with Crippen molar-refractivity contribution >= 4 is 5.91 Å². The maximum absolute atomic E-state index is 10.2. The van der Waals surface area contributed by atoms with Crippen molar-refractivity contribution in [3.8, 4) is 0 Å². The average Bonchev–Trinajstić information content (AvgIpc) is 1.80. The highest BCUT2D eigenvalue weighted by Crippen LogP contribution is 1.66. The molecular weight excluding hydrogens is 116 g/mol. The minimum absolute atomic E-state index is 0.0170. The molecule has 0 aromatic carbocycles.